The Kier molecular flexibility index (Phi) is 1.44. The largest absolute Gasteiger partial charge is 0.498 e. The quantitative estimate of drug-likeness (QED) is 0.499. The fourth-order valence-electron chi connectivity index (χ4n) is 2.10. The van der Waals surface area contributed by atoms with E-state index < -0.39 is 0 Å². The molecular weight excluding hydrogens is 124 g/mol. The van der Waals surface area contributed by atoms with E-state index >= 15 is 0 Å². The van der Waals surface area contributed by atoms with Gasteiger partial charge in [-0.2, -0.15) is 0 Å². The Morgan fingerprint density at radius 1 is 1.40 bits per heavy atom. The third kappa shape index (κ3) is 0.845. The van der Waals surface area contributed by atoms with Gasteiger partial charge in [-0.15, -0.1) is 0 Å². The summed E-state index contributed by atoms with van der Waals surface area (Å²) in [7, 11) is 0. The van der Waals surface area contributed by atoms with Crippen LogP contribution in [0.25, 0.3) is 0 Å². The van der Waals surface area contributed by atoms with Gasteiger partial charge in [0.15, 0.2) is 0 Å². The molecule has 0 saturated heterocycles. The zero-order valence-electron chi connectivity index (χ0n) is 6.42. The summed E-state index contributed by atoms with van der Waals surface area (Å²) in [6.07, 6.45) is 8.65. The molecule has 0 radical (unpaired) electrons. The summed E-state index contributed by atoms with van der Waals surface area (Å²) in [5, 5.41) is 0. The van der Waals surface area contributed by atoms with Crippen LogP contribution >= 0.6 is 0 Å². The first-order valence-corrected chi connectivity index (χ1v) is 4.20. The predicted octanol–water partition coefficient (Wildman–Crippen LogP) is 2.34. The summed E-state index contributed by atoms with van der Waals surface area (Å²) in [5.74, 6) is 1.58. The fourth-order valence-corrected chi connectivity index (χ4v) is 2.10. The zero-order valence-corrected chi connectivity index (χ0v) is 6.42. The molecule has 0 amide bonds. The minimum Gasteiger partial charge on any atom is -0.498 e. The van der Waals surface area contributed by atoms with Crippen molar-refractivity contribution in [2.45, 2.75) is 32.3 Å². The van der Waals surface area contributed by atoms with Gasteiger partial charge in [0, 0.05) is 5.92 Å². The maximum atomic E-state index is 5.45. The molecule has 0 spiro atoms. The maximum absolute atomic E-state index is 5.45. The van der Waals surface area contributed by atoms with Gasteiger partial charge in [-0.3, -0.25) is 0 Å². The minimum absolute atomic E-state index is 0.531. The second-order valence-electron chi connectivity index (χ2n) is 3.49. The van der Waals surface area contributed by atoms with Crippen molar-refractivity contribution < 1.29 is 4.74 Å². The molecule has 0 aromatic carbocycles. The molecule has 2 aliphatic rings. The molecule has 1 heterocycles. The van der Waals surface area contributed by atoms with E-state index in [1.165, 1.54) is 19.3 Å². The zero-order chi connectivity index (χ0) is 6.97. The number of ether oxygens (including phenoxy) is 1. The molecule has 2 rings (SSSR count). The number of fused-ring (bicyclic) bond motifs is 1. The number of rotatable bonds is 0. The van der Waals surface area contributed by atoms with Crippen LogP contribution in [0.4, 0.5) is 0 Å². The molecule has 1 nitrogen and oxygen atoms in total. The third-order valence-corrected chi connectivity index (χ3v) is 2.79. The number of hydrogen-bond donors (Lipinski definition) is 0. The van der Waals surface area contributed by atoms with Crippen LogP contribution in [0.1, 0.15) is 26.2 Å². The van der Waals surface area contributed by atoms with Gasteiger partial charge in [0.1, 0.15) is 6.10 Å². The van der Waals surface area contributed by atoms with Gasteiger partial charge in [0.05, 0.1) is 6.26 Å². The molecule has 1 heteroatoms. The first-order valence-electron chi connectivity index (χ1n) is 4.20. The highest BCUT2D eigenvalue weighted by atomic mass is 16.5. The fraction of sp³-hybridized carbons (Fsp3) is 0.778. The Labute approximate surface area is 62.1 Å². The van der Waals surface area contributed by atoms with Crippen molar-refractivity contribution in [3.8, 4) is 0 Å². The lowest BCUT2D eigenvalue weighted by Gasteiger charge is -2.29. The van der Waals surface area contributed by atoms with Crippen molar-refractivity contribution in [3.63, 3.8) is 0 Å². The molecule has 56 valence electrons. The Morgan fingerprint density at radius 2 is 2.30 bits per heavy atom. The summed E-state index contributed by atoms with van der Waals surface area (Å²) in [4.78, 5) is 0. The Balaban J connectivity index is 2.08. The SMILES string of the molecule is C[C@@H]1CCCC2OC=CC21. The van der Waals surface area contributed by atoms with Crippen LogP contribution in [0, 0.1) is 11.8 Å². The first kappa shape index (κ1) is 6.26. The van der Waals surface area contributed by atoms with E-state index in [-0.39, 0.29) is 0 Å². The lowest BCUT2D eigenvalue weighted by atomic mass is 9.79. The van der Waals surface area contributed by atoms with Crippen molar-refractivity contribution in [2.75, 3.05) is 0 Å². The van der Waals surface area contributed by atoms with E-state index in [4.69, 9.17) is 4.74 Å². The predicted molar refractivity (Wildman–Crippen MR) is 40.5 cm³/mol. The summed E-state index contributed by atoms with van der Waals surface area (Å²) in [6.45, 7) is 2.33. The minimum atomic E-state index is 0.531. The molecule has 1 fully saturated rings. The third-order valence-electron chi connectivity index (χ3n) is 2.79. The monoisotopic (exact) mass is 138 g/mol. The maximum Gasteiger partial charge on any atom is 0.104 e. The van der Waals surface area contributed by atoms with Crippen molar-refractivity contribution in [2.24, 2.45) is 11.8 Å². The van der Waals surface area contributed by atoms with Crippen molar-refractivity contribution in [1.82, 2.24) is 0 Å². The molecule has 1 saturated carbocycles. The summed E-state index contributed by atoms with van der Waals surface area (Å²) >= 11 is 0. The smallest absolute Gasteiger partial charge is 0.104 e. The second kappa shape index (κ2) is 2.30. The van der Waals surface area contributed by atoms with Crippen molar-refractivity contribution in [3.05, 3.63) is 12.3 Å². The molecule has 1 aliphatic carbocycles. The van der Waals surface area contributed by atoms with E-state index in [9.17, 15) is 0 Å². The molecule has 10 heavy (non-hydrogen) atoms. The Hall–Kier alpha value is -0.460. The molecule has 2 unspecified atom stereocenters. The van der Waals surface area contributed by atoms with Crippen LogP contribution in [0.5, 0.6) is 0 Å². The number of hydrogen-bond acceptors (Lipinski definition) is 1. The van der Waals surface area contributed by atoms with Gasteiger partial charge in [-0.1, -0.05) is 6.92 Å². The molecule has 0 aromatic rings. The molecular formula is C9H14O. The van der Waals surface area contributed by atoms with Gasteiger partial charge in [0.2, 0.25) is 0 Å². The van der Waals surface area contributed by atoms with Crippen molar-refractivity contribution >= 4 is 0 Å². The summed E-state index contributed by atoms with van der Waals surface area (Å²) in [6, 6.07) is 0. The lowest BCUT2D eigenvalue weighted by molar-refractivity contribution is 0.0749. The normalized spacial score (nSPS) is 44.7. The summed E-state index contributed by atoms with van der Waals surface area (Å²) < 4.78 is 5.45. The molecule has 0 bridgehead atoms. The van der Waals surface area contributed by atoms with Crippen molar-refractivity contribution in [1.29, 1.82) is 0 Å². The van der Waals surface area contributed by atoms with E-state index in [1.807, 2.05) is 6.26 Å². The molecule has 0 aromatic heterocycles. The highest BCUT2D eigenvalue weighted by Crippen LogP contribution is 2.35. The van der Waals surface area contributed by atoms with E-state index in [0.29, 0.717) is 6.10 Å². The standard InChI is InChI=1S/C9H14O/c1-7-3-2-4-9-8(7)5-6-10-9/h5-9H,2-4H2,1H3/t7-,8?,9?/m1/s1. The van der Waals surface area contributed by atoms with E-state index in [2.05, 4.69) is 13.0 Å². The molecule has 3 atom stereocenters. The van der Waals surface area contributed by atoms with Crippen LogP contribution in [-0.4, -0.2) is 6.10 Å². The highest BCUT2D eigenvalue weighted by Gasteiger charge is 2.32. The van der Waals surface area contributed by atoms with Gasteiger partial charge < -0.3 is 4.74 Å². The summed E-state index contributed by atoms with van der Waals surface area (Å²) in [5.41, 5.74) is 0. The topological polar surface area (TPSA) is 9.23 Å². The molecule has 0 N–H and O–H groups in total. The van der Waals surface area contributed by atoms with Crippen LogP contribution in [0.15, 0.2) is 12.3 Å². The average molecular weight is 138 g/mol. The van der Waals surface area contributed by atoms with Gasteiger partial charge >= 0.3 is 0 Å². The van der Waals surface area contributed by atoms with Crippen LogP contribution in [-0.2, 0) is 4.74 Å². The average Bonchev–Trinajstić information content (AvgIpc) is 2.36. The van der Waals surface area contributed by atoms with Gasteiger partial charge in [-0.05, 0) is 31.3 Å². The molecule has 1 aliphatic heterocycles. The van der Waals surface area contributed by atoms with Crippen LogP contribution in [0.3, 0.4) is 0 Å². The highest BCUT2D eigenvalue weighted by molar-refractivity contribution is 4.99. The Morgan fingerprint density at radius 3 is 3.10 bits per heavy atom. The lowest BCUT2D eigenvalue weighted by Crippen LogP contribution is -2.27. The first-order chi connectivity index (χ1) is 4.88. The second-order valence-corrected chi connectivity index (χ2v) is 3.49. The van der Waals surface area contributed by atoms with Gasteiger partial charge in [0.25, 0.3) is 0 Å². The van der Waals surface area contributed by atoms with Gasteiger partial charge in [-0.25, -0.2) is 0 Å². The van der Waals surface area contributed by atoms with Crippen LogP contribution in [0.2, 0.25) is 0 Å². The van der Waals surface area contributed by atoms with Crippen LogP contribution < -0.4 is 0 Å². The van der Waals surface area contributed by atoms with E-state index in [1.54, 1.807) is 0 Å². The van der Waals surface area contributed by atoms with E-state index in [0.717, 1.165) is 11.8 Å². The Bertz CT molecular complexity index is 151.